The second-order valence-electron chi connectivity index (χ2n) is 5.88. The first-order valence-electron chi connectivity index (χ1n) is 8.07. The Morgan fingerprint density at radius 2 is 2.03 bits per heavy atom. The Morgan fingerprint density at radius 3 is 2.62 bits per heavy atom. The minimum absolute atomic E-state index is 0.00528. The number of pyridine rings is 1. The van der Waals surface area contributed by atoms with Gasteiger partial charge in [0.25, 0.3) is 11.8 Å². The van der Waals surface area contributed by atoms with Crippen LogP contribution in [0.15, 0.2) is 46.7 Å². The summed E-state index contributed by atoms with van der Waals surface area (Å²) in [6.07, 6.45) is 2.76. The van der Waals surface area contributed by atoms with Gasteiger partial charge < -0.3 is 10.6 Å². The Hall–Kier alpha value is -2.27. The van der Waals surface area contributed by atoms with Crippen LogP contribution in [0.4, 0.5) is 11.5 Å². The van der Waals surface area contributed by atoms with Gasteiger partial charge in [-0.15, -0.1) is 0 Å². The number of halogens is 3. The molecule has 0 fully saturated rings. The molecule has 0 saturated carbocycles. The van der Waals surface area contributed by atoms with Gasteiger partial charge in [0.05, 0.1) is 20.9 Å². The summed E-state index contributed by atoms with van der Waals surface area (Å²) in [6.45, 7) is 1.74. The molecule has 0 spiro atoms. The summed E-state index contributed by atoms with van der Waals surface area (Å²) in [4.78, 5) is 29.5. The number of hydrogen-bond donors (Lipinski definition) is 4. The Labute approximate surface area is 189 Å². The van der Waals surface area contributed by atoms with Gasteiger partial charge in [0.1, 0.15) is 11.5 Å². The van der Waals surface area contributed by atoms with Crippen LogP contribution in [0.1, 0.15) is 15.9 Å². The molecule has 1 aromatic carbocycles. The van der Waals surface area contributed by atoms with Gasteiger partial charge in [0.2, 0.25) is 0 Å². The van der Waals surface area contributed by atoms with Crippen LogP contribution in [0.3, 0.4) is 0 Å². The van der Waals surface area contributed by atoms with Crippen LogP contribution in [0.25, 0.3) is 0 Å². The first kappa shape index (κ1) is 23.0. The Kier molecular flexibility index (Phi) is 7.91. The largest absolute Gasteiger partial charge is 0.334 e. The SMILES string of the molecule is Cc1cc(Br)cc(C(=O)N(C)N)c1NC(=O)/C(=C/C(=N)Br)Nc1ncccc1Cl. The number of carbonyl (C=O) groups excluding carboxylic acids is 2. The first-order chi connectivity index (χ1) is 13.6. The molecule has 0 saturated heterocycles. The summed E-state index contributed by atoms with van der Waals surface area (Å²) in [5.41, 5.74) is 1.14. The lowest BCUT2D eigenvalue weighted by Crippen LogP contribution is -2.34. The molecule has 2 amide bonds. The van der Waals surface area contributed by atoms with Crippen molar-refractivity contribution in [2.75, 3.05) is 17.7 Å². The zero-order valence-electron chi connectivity index (χ0n) is 15.4. The predicted octanol–water partition coefficient (Wildman–Crippen LogP) is 4.06. The van der Waals surface area contributed by atoms with Gasteiger partial charge in [-0.25, -0.2) is 10.8 Å². The van der Waals surface area contributed by atoms with Crippen molar-refractivity contribution < 1.29 is 9.59 Å². The highest BCUT2D eigenvalue weighted by Crippen LogP contribution is 2.27. The molecule has 152 valence electrons. The molecular formula is C18H17Br2ClN6O2. The molecule has 1 heterocycles. The van der Waals surface area contributed by atoms with Crippen molar-refractivity contribution in [1.29, 1.82) is 5.41 Å². The van der Waals surface area contributed by atoms with Gasteiger partial charge in [-0.3, -0.25) is 20.0 Å². The third-order valence-electron chi connectivity index (χ3n) is 3.62. The smallest absolute Gasteiger partial charge is 0.272 e. The van der Waals surface area contributed by atoms with E-state index >= 15 is 0 Å². The number of benzene rings is 1. The van der Waals surface area contributed by atoms with E-state index in [1.54, 1.807) is 31.2 Å². The molecule has 0 bridgehead atoms. The van der Waals surface area contributed by atoms with Crippen LogP contribution in [-0.4, -0.2) is 33.5 Å². The number of carbonyl (C=O) groups is 2. The zero-order valence-corrected chi connectivity index (χ0v) is 19.3. The highest BCUT2D eigenvalue weighted by molar-refractivity contribution is 9.18. The molecule has 11 heteroatoms. The first-order valence-corrected chi connectivity index (χ1v) is 10.0. The molecule has 8 nitrogen and oxygen atoms in total. The average molecular weight is 545 g/mol. The Morgan fingerprint density at radius 1 is 1.34 bits per heavy atom. The normalized spacial score (nSPS) is 11.0. The fraction of sp³-hybridized carbons (Fsp3) is 0.111. The molecule has 0 aliphatic rings. The van der Waals surface area contributed by atoms with Crippen LogP contribution in [0.5, 0.6) is 0 Å². The second-order valence-corrected chi connectivity index (χ2v) is 8.06. The number of anilines is 2. The number of amides is 2. The Bertz CT molecular complexity index is 1010. The van der Waals surface area contributed by atoms with Crippen molar-refractivity contribution in [2.45, 2.75) is 6.92 Å². The molecule has 1 aromatic heterocycles. The van der Waals surface area contributed by atoms with Crippen molar-refractivity contribution >= 4 is 71.4 Å². The highest BCUT2D eigenvalue weighted by atomic mass is 79.9. The van der Waals surface area contributed by atoms with Crippen molar-refractivity contribution in [3.8, 4) is 0 Å². The molecule has 2 rings (SSSR count). The van der Waals surface area contributed by atoms with E-state index in [4.69, 9.17) is 22.9 Å². The molecule has 5 N–H and O–H groups in total. The van der Waals surface area contributed by atoms with Gasteiger partial charge in [0, 0.05) is 17.7 Å². The number of nitrogens with two attached hydrogens (primary N) is 1. The fourth-order valence-electron chi connectivity index (χ4n) is 2.34. The number of nitrogens with zero attached hydrogens (tertiary/aromatic N) is 2. The van der Waals surface area contributed by atoms with Crippen molar-refractivity contribution in [3.63, 3.8) is 0 Å². The lowest BCUT2D eigenvalue weighted by molar-refractivity contribution is -0.112. The fourth-order valence-corrected chi connectivity index (χ4v) is 3.31. The summed E-state index contributed by atoms with van der Waals surface area (Å²) in [5.74, 6) is 4.75. The van der Waals surface area contributed by atoms with Crippen LogP contribution >= 0.6 is 43.5 Å². The van der Waals surface area contributed by atoms with E-state index in [1.807, 2.05) is 0 Å². The number of hydrazine groups is 1. The maximum absolute atomic E-state index is 12.9. The van der Waals surface area contributed by atoms with Crippen molar-refractivity contribution in [1.82, 2.24) is 9.99 Å². The van der Waals surface area contributed by atoms with E-state index < -0.39 is 11.8 Å². The summed E-state index contributed by atoms with van der Waals surface area (Å²) in [5, 5.41) is 14.4. The van der Waals surface area contributed by atoms with E-state index in [1.165, 1.54) is 19.3 Å². The summed E-state index contributed by atoms with van der Waals surface area (Å²) in [6, 6.07) is 6.57. The number of rotatable bonds is 6. The summed E-state index contributed by atoms with van der Waals surface area (Å²) < 4.78 is 0.613. The molecular weight excluding hydrogens is 527 g/mol. The van der Waals surface area contributed by atoms with Crippen molar-refractivity contribution in [2.24, 2.45) is 5.84 Å². The molecule has 0 aliphatic heterocycles. The van der Waals surface area contributed by atoms with E-state index in [0.717, 1.165) is 5.01 Å². The standard InChI is InChI=1S/C18H17Br2ClN6O2/c1-9-6-10(19)7-11(18(29)27(2)23)15(9)26-17(28)13(8-14(20)22)25-16-12(21)4-3-5-24-16/h3-8,22H,23H2,1-2H3,(H,24,25)(H,26,28)/b13-8-,22-14?. The molecule has 0 unspecified atom stereocenters. The number of aryl methyl sites for hydroxylation is 1. The van der Waals surface area contributed by atoms with E-state index in [2.05, 4.69) is 47.5 Å². The van der Waals surface area contributed by atoms with Crippen LogP contribution in [0, 0.1) is 12.3 Å². The van der Waals surface area contributed by atoms with Gasteiger partial charge in [-0.05, 0) is 58.8 Å². The molecule has 2 aromatic rings. The maximum Gasteiger partial charge on any atom is 0.272 e. The predicted molar refractivity (Wildman–Crippen MR) is 121 cm³/mol. The molecule has 0 atom stereocenters. The van der Waals surface area contributed by atoms with E-state index in [9.17, 15) is 9.59 Å². The number of aromatic nitrogens is 1. The minimum atomic E-state index is -0.602. The molecule has 0 radical (unpaired) electrons. The number of nitrogens with one attached hydrogen (secondary N) is 3. The van der Waals surface area contributed by atoms with Gasteiger partial charge in [-0.1, -0.05) is 27.5 Å². The van der Waals surface area contributed by atoms with Gasteiger partial charge in [-0.2, -0.15) is 0 Å². The van der Waals surface area contributed by atoms with E-state index in [-0.39, 0.29) is 21.7 Å². The van der Waals surface area contributed by atoms with Gasteiger partial charge in [0.15, 0.2) is 0 Å². The highest BCUT2D eigenvalue weighted by Gasteiger charge is 2.21. The lowest BCUT2D eigenvalue weighted by atomic mass is 10.1. The number of allylic oxidation sites excluding steroid dienone is 1. The van der Waals surface area contributed by atoms with Crippen molar-refractivity contribution in [3.05, 3.63) is 62.9 Å². The van der Waals surface area contributed by atoms with Gasteiger partial charge >= 0.3 is 0 Å². The monoisotopic (exact) mass is 542 g/mol. The Balaban J connectivity index is 2.43. The lowest BCUT2D eigenvalue weighted by Gasteiger charge is -2.18. The quantitative estimate of drug-likeness (QED) is 0.144. The summed E-state index contributed by atoms with van der Waals surface area (Å²) >= 11 is 12.4. The van der Waals surface area contributed by atoms with E-state index in [0.29, 0.717) is 20.7 Å². The second kappa shape index (κ2) is 9.97. The number of hydrogen-bond acceptors (Lipinski definition) is 6. The third-order valence-corrected chi connectivity index (χ3v) is 4.61. The molecule has 0 aliphatic carbocycles. The third kappa shape index (κ3) is 6.10. The van der Waals surface area contributed by atoms with Crippen LogP contribution < -0.4 is 16.5 Å². The average Bonchev–Trinajstić information content (AvgIpc) is 2.63. The minimum Gasteiger partial charge on any atom is -0.334 e. The van der Waals surface area contributed by atoms with Crippen LogP contribution in [0.2, 0.25) is 5.02 Å². The maximum atomic E-state index is 12.9. The topological polar surface area (TPSA) is 124 Å². The summed E-state index contributed by atoms with van der Waals surface area (Å²) in [7, 11) is 1.41. The zero-order chi connectivity index (χ0) is 21.7. The van der Waals surface area contributed by atoms with Crippen LogP contribution in [-0.2, 0) is 4.79 Å². The molecule has 29 heavy (non-hydrogen) atoms.